The molecule has 0 rings (SSSR count). The number of nitrogens with one attached hydrogen (secondary N) is 2. The fourth-order valence-corrected chi connectivity index (χ4v) is 5.85. The van der Waals surface area contributed by atoms with Crippen LogP contribution >= 0.6 is 36.2 Å². The molecule has 0 unspecified atom stereocenters. The highest BCUT2D eigenvalue weighted by atomic mass is 32.2. The third-order valence-electron chi connectivity index (χ3n) is 6.78. The molecule has 0 fully saturated rings. The lowest BCUT2D eigenvalue weighted by atomic mass is 10.1. The smallest absolute Gasteiger partial charge is 0.140 e. The molecule has 0 radical (unpaired) electrons. The molecule has 0 aromatic carbocycles. The maximum absolute atomic E-state index is 5.44. The normalized spacial score (nSPS) is 11.0. The summed E-state index contributed by atoms with van der Waals surface area (Å²) in [5.41, 5.74) is 0. The van der Waals surface area contributed by atoms with Crippen molar-refractivity contribution >= 4 is 44.8 Å². The molecule has 0 amide bonds. The summed E-state index contributed by atoms with van der Waals surface area (Å²) in [7, 11) is 0. The lowest BCUT2D eigenvalue weighted by Crippen LogP contribution is -2.26. The van der Waals surface area contributed by atoms with Gasteiger partial charge in [0.15, 0.2) is 0 Å². The highest BCUT2D eigenvalue weighted by molar-refractivity contribution is 8.37. The van der Waals surface area contributed by atoms with Crippen molar-refractivity contribution in [2.45, 2.75) is 168 Å². The van der Waals surface area contributed by atoms with E-state index in [1.165, 1.54) is 166 Å². The summed E-state index contributed by atoms with van der Waals surface area (Å²) in [5, 5.41) is 6.73. The molecule has 0 saturated carbocycles. The van der Waals surface area contributed by atoms with Crippen LogP contribution in [-0.2, 0) is 0 Å². The number of thiocarbonyl (C=S) groups is 2. The Morgan fingerprint density at radius 2 is 0.629 bits per heavy atom. The summed E-state index contributed by atoms with van der Waals surface area (Å²) in [6, 6.07) is 0. The van der Waals surface area contributed by atoms with Crippen molar-refractivity contribution in [1.29, 1.82) is 0 Å². The molecule has 0 saturated heterocycles. The molecule has 5 heteroatoms. The Hall–Kier alpha value is 0.130. The van der Waals surface area contributed by atoms with Gasteiger partial charge < -0.3 is 10.6 Å². The van der Waals surface area contributed by atoms with Crippen molar-refractivity contribution in [1.82, 2.24) is 10.6 Å². The topological polar surface area (TPSA) is 24.1 Å². The van der Waals surface area contributed by atoms with Gasteiger partial charge in [-0.05, 0) is 24.6 Å². The summed E-state index contributed by atoms with van der Waals surface area (Å²) < 4.78 is 1.64. The minimum absolute atomic E-state index is 0.820. The molecule has 2 N–H and O–H groups in total. The molecule has 0 atom stereocenters. The first-order valence-corrected chi connectivity index (χ1v) is 17.1. The molecular formula is C30H60N2S3. The second-order valence-corrected chi connectivity index (χ2v) is 12.7. The molecule has 208 valence electrons. The third-order valence-corrected chi connectivity index (χ3v) is 8.23. The third kappa shape index (κ3) is 30.2. The second-order valence-electron chi connectivity index (χ2n) is 10.3. The summed E-state index contributed by atoms with van der Waals surface area (Å²) in [6.45, 7) is 6.53. The molecule has 0 spiro atoms. The minimum Gasteiger partial charge on any atom is -0.371 e. The predicted molar refractivity (Wildman–Crippen MR) is 171 cm³/mol. The van der Waals surface area contributed by atoms with E-state index in [9.17, 15) is 0 Å². The van der Waals surface area contributed by atoms with Crippen molar-refractivity contribution in [2.75, 3.05) is 13.1 Å². The monoisotopic (exact) mass is 544 g/mol. The van der Waals surface area contributed by atoms with Crippen LogP contribution in [0.15, 0.2) is 0 Å². The van der Waals surface area contributed by atoms with Crippen LogP contribution in [0.3, 0.4) is 0 Å². The Morgan fingerprint density at radius 1 is 0.400 bits per heavy atom. The van der Waals surface area contributed by atoms with Gasteiger partial charge in [0.25, 0.3) is 0 Å². The lowest BCUT2D eigenvalue weighted by molar-refractivity contribution is 0.543. The van der Waals surface area contributed by atoms with E-state index >= 15 is 0 Å². The maximum Gasteiger partial charge on any atom is 0.140 e. The molecule has 35 heavy (non-hydrogen) atoms. The van der Waals surface area contributed by atoms with Crippen LogP contribution in [0.25, 0.3) is 0 Å². The molecule has 0 aromatic heterocycles. The van der Waals surface area contributed by atoms with Gasteiger partial charge in [0, 0.05) is 13.1 Å². The van der Waals surface area contributed by atoms with Crippen molar-refractivity contribution in [3.8, 4) is 0 Å². The van der Waals surface area contributed by atoms with Crippen LogP contribution in [0.4, 0.5) is 0 Å². The van der Waals surface area contributed by atoms with Gasteiger partial charge in [-0.1, -0.05) is 180 Å². The van der Waals surface area contributed by atoms with Gasteiger partial charge in [-0.25, -0.2) is 0 Å². The van der Waals surface area contributed by atoms with E-state index in [-0.39, 0.29) is 0 Å². The summed E-state index contributed by atoms with van der Waals surface area (Å²) in [6.07, 6.45) is 33.2. The molecule has 0 bridgehead atoms. The number of unbranched alkanes of at least 4 members (excludes halogenated alkanes) is 22. The fourth-order valence-electron chi connectivity index (χ4n) is 4.47. The zero-order valence-corrected chi connectivity index (χ0v) is 26.1. The first kappa shape index (κ1) is 35.1. The van der Waals surface area contributed by atoms with E-state index in [4.69, 9.17) is 24.4 Å². The van der Waals surface area contributed by atoms with E-state index in [0.29, 0.717) is 0 Å². The maximum atomic E-state index is 5.44. The molecular weight excluding hydrogens is 485 g/mol. The Balaban J connectivity index is 3.29. The van der Waals surface area contributed by atoms with Crippen molar-refractivity contribution < 1.29 is 0 Å². The van der Waals surface area contributed by atoms with Crippen LogP contribution in [0, 0.1) is 0 Å². The van der Waals surface area contributed by atoms with Gasteiger partial charge in [-0.3, -0.25) is 0 Å². The first-order valence-electron chi connectivity index (χ1n) is 15.4. The fraction of sp³-hybridized carbons (Fsp3) is 0.933. The van der Waals surface area contributed by atoms with E-state index in [1.807, 2.05) is 0 Å². The Morgan fingerprint density at radius 3 is 0.886 bits per heavy atom. The molecule has 0 aliphatic carbocycles. The summed E-state index contributed by atoms with van der Waals surface area (Å²) in [4.78, 5) is 0. The van der Waals surface area contributed by atoms with Gasteiger partial charge in [0.05, 0.1) is 0 Å². The zero-order valence-electron chi connectivity index (χ0n) is 23.6. The van der Waals surface area contributed by atoms with Crippen LogP contribution in [0.2, 0.25) is 0 Å². The Bertz CT molecular complexity index is 417. The van der Waals surface area contributed by atoms with Gasteiger partial charge in [-0.2, -0.15) is 0 Å². The number of rotatable bonds is 26. The lowest BCUT2D eigenvalue weighted by Gasteiger charge is -2.10. The number of hydrogen-bond acceptors (Lipinski definition) is 3. The predicted octanol–water partition coefficient (Wildman–Crippen LogP) is 10.9. The highest BCUT2D eigenvalue weighted by Crippen LogP contribution is 2.13. The molecule has 2 nitrogen and oxygen atoms in total. The molecule has 0 aromatic rings. The largest absolute Gasteiger partial charge is 0.371 e. The minimum atomic E-state index is 0.820. The SMILES string of the molecule is CCCCCCCCCCCCCCNC(=S)SC(=S)NCCCCCCCCCCCCCC. The average Bonchev–Trinajstić information content (AvgIpc) is 2.85. The van der Waals surface area contributed by atoms with E-state index in [1.54, 1.807) is 0 Å². The van der Waals surface area contributed by atoms with Crippen LogP contribution in [0.5, 0.6) is 0 Å². The van der Waals surface area contributed by atoms with Gasteiger partial charge in [0.1, 0.15) is 8.64 Å². The summed E-state index contributed by atoms with van der Waals surface area (Å²) in [5.74, 6) is 0. The quantitative estimate of drug-likeness (QED) is 0.0833. The molecule has 0 aliphatic rings. The number of hydrogen-bond donors (Lipinski definition) is 2. The van der Waals surface area contributed by atoms with Gasteiger partial charge in [-0.15, -0.1) is 0 Å². The Kier molecular flexibility index (Phi) is 30.5. The van der Waals surface area contributed by atoms with Crippen molar-refractivity contribution in [3.05, 3.63) is 0 Å². The Labute approximate surface area is 235 Å². The first-order chi connectivity index (χ1) is 17.2. The van der Waals surface area contributed by atoms with Gasteiger partial charge in [0.2, 0.25) is 0 Å². The second kappa shape index (κ2) is 30.4. The van der Waals surface area contributed by atoms with Crippen molar-refractivity contribution in [3.63, 3.8) is 0 Å². The number of thioether (sulfide) groups is 1. The van der Waals surface area contributed by atoms with Crippen LogP contribution < -0.4 is 10.6 Å². The standard InChI is InChI=1S/C30H60N2S3/c1-3-5-7-9-11-13-15-17-19-21-23-25-27-31-29(33)35-30(34)32-28-26-24-22-20-18-16-14-12-10-8-6-4-2/h3-28H2,1-2H3,(H,31,33)(H,32,34). The highest BCUT2D eigenvalue weighted by Gasteiger charge is 2.03. The van der Waals surface area contributed by atoms with Crippen molar-refractivity contribution in [2.24, 2.45) is 0 Å². The molecule has 0 heterocycles. The van der Waals surface area contributed by atoms with E-state index in [2.05, 4.69) is 24.5 Å². The van der Waals surface area contributed by atoms with Crippen LogP contribution in [0.1, 0.15) is 168 Å². The zero-order chi connectivity index (χ0) is 25.7. The van der Waals surface area contributed by atoms with E-state index < -0.39 is 0 Å². The van der Waals surface area contributed by atoms with E-state index in [0.717, 1.165) is 21.7 Å². The average molecular weight is 545 g/mol. The summed E-state index contributed by atoms with van der Waals surface area (Å²) >= 11 is 12.4. The molecule has 0 aliphatic heterocycles. The van der Waals surface area contributed by atoms with Crippen LogP contribution in [-0.4, -0.2) is 21.7 Å². The van der Waals surface area contributed by atoms with Gasteiger partial charge >= 0.3 is 0 Å².